The number of hydrogen-bond donors (Lipinski definition) is 1. The molecule has 0 atom stereocenters. The van der Waals surface area contributed by atoms with Crippen molar-refractivity contribution in [3.8, 4) is 5.88 Å². The fourth-order valence-electron chi connectivity index (χ4n) is 3.33. The molecule has 2 aliphatic rings. The molecule has 24 heavy (non-hydrogen) atoms. The molecule has 1 aliphatic heterocycles. The van der Waals surface area contributed by atoms with Gasteiger partial charge in [0.05, 0.1) is 6.54 Å². The van der Waals surface area contributed by atoms with E-state index in [4.69, 9.17) is 9.73 Å². The molecule has 0 amide bonds. The minimum Gasteiger partial charge on any atom is -0.474 e. The first kappa shape index (κ1) is 19.3. The summed E-state index contributed by atoms with van der Waals surface area (Å²) in [5.74, 6) is 1.78. The number of aromatic nitrogens is 1. The van der Waals surface area contributed by atoms with E-state index in [2.05, 4.69) is 28.2 Å². The lowest BCUT2D eigenvalue weighted by Crippen LogP contribution is -2.39. The summed E-state index contributed by atoms with van der Waals surface area (Å²) in [7, 11) is 0. The summed E-state index contributed by atoms with van der Waals surface area (Å²) < 4.78 is 6.11. The van der Waals surface area contributed by atoms with Gasteiger partial charge in [0, 0.05) is 31.4 Å². The van der Waals surface area contributed by atoms with Crippen LogP contribution in [0.4, 0.5) is 0 Å². The zero-order valence-electron chi connectivity index (χ0n) is 14.5. The van der Waals surface area contributed by atoms with Crippen LogP contribution in [-0.2, 0) is 6.54 Å². The van der Waals surface area contributed by atoms with E-state index in [1.165, 1.54) is 25.7 Å². The van der Waals surface area contributed by atoms with Crippen molar-refractivity contribution in [3.05, 3.63) is 23.9 Å². The highest BCUT2D eigenvalue weighted by Gasteiger charge is 2.19. The van der Waals surface area contributed by atoms with Gasteiger partial charge in [0.2, 0.25) is 5.88 Å². The van der Waals surface area contributed by atoms with Gasteiger partial charge in [0.1, 0.15) is 6.10 Å². The van der Waals surface area contributed by atoms with Crippen LogP contribution in [0.25, 0.3) is 0 Å². The largest absolute Gasteiger partial charge is 0.474 e. The van der Waals surface area contributed by atoms with Gasteiger partial charge in [-0.1, -0.05) is 6.07 Å². The SMILES string of the molecule is CCNC(=NCc1cccnc1OC1CCCC1)N1CCCC1.I. The lowest BCUT2D eigenvalue weighted by Gasteiger charge is -2.21. The molecule has 5 nitrogen and oxygen atoms in total. The van der Waals surface area contributed by atoms with Gasteiger partial charge in [0.25, 0.3) is 0 Å². The van der Waals surface area contributed by atoms with Gasteiger partial charge in [-0.25, -0.2) is 9.98 Å². The van der Waals surface area contributed by atoms with E-state index in [0.717, 1.165) is 49.9 Å². The molecular weight excluding hydrogens is 415 g/mol. The van der Waals surface area contributed by atoms with Crippen molar-refractivity contribution in [1.82, 2.24) is 15.2 Å². The number of likely N-dealkylation sites (tertiary alicyclic amines) is 1. The number of pyridine rings is 1. The molecule has 1 aromatic heterocycles. The normalized spacial score (nSPS) is 18.5. The topological polar surface area (TPSA) is 49.8 Å². The monoisotopic (exact) mass is 444 g/mol. The van der Waals surface area contributed by atoms with E-state index in [-0.39, 0.29) is 24.0 Å². The summed E-state index contributed by atoms with van der Waals surface area (Å²) in [4.78, 5) is 11.6. The molecule has 1 N–H and O–H groups in total. The molecule has 0 radical (unpaired) electrons. The number of guanidine groups is 1. The number of aliphatic imine (C=N–C) groups is 1. The average molecular weight is 444 g/mol. The van der Waals surface area contributed by atoms with Crippen molar-refractivity contribution in [2.24, 2.45) is 4.99 Å². The zero-order chi connectivity index (χ0) is 15.9. The lowest BCUT2D eigenvalue weighted by atomic mass is 10.2. The van der Waals surface area contributed by atoms with Crippen molar-refractivity contribution >= 4 is 29.9 Å². The molecule has 0 unspecified atom stereocenters. The van der Waals surface area contributed by atoms with Crippen LogP contribution in [0.2, 0.25) is 0 Å². The van der Waals surface area contributed by atoms with Gasteiger partial charge in [-0.2, -0.15) is 0 Å². The van der Waals surface area contributed by atoms with Crippen LogP contribution >= 0.6 is 24.0 Å². The average Bonchev–Trinajstić information content (AvgIpc) is 3.26. The second-order valence-corrected chi connectivity index (χ2v) is 6.36. The Labute approximate surface area is 162 Å². The third kappa shape index (κ3) is 5.22. The molecule has 134 valence electrons. The summed E-state index contributed by atoms with van der Waals surface area (Å²) in [6, 6.07) is 4.05. The maximum Gasteiger partial charge on any atom is 0.218 e. The standard InChI is InChI=1S/C18H28N4O.HI/c1-2-19-18(22-12-5-6-13-22)21-14-15-8-7-11-20-17(15)23-16-9-3-4-10-16;/h7-8,11,16H,2-6,9-10,12-14H2,1H3,(H,19,21);1H. The lowest BCUT2D eigenvalue weighted by molar-refractivity contribution is 0.199. The van der Waals surface area contributed by atoms with Crippen LogP contribution in [0, 0.1) is 0 Å². The maximum absolute atomic E-state index is 6.11. The molecule has 0 spiro atoms. The smallest absolute Gasteiger partial charge is 0.218 e. The molecule has 3 rings (SSSR count). The van der Waals surface area contributed by atoms with E-state index >= 15 is 0 Å². The summed E-state index contributed by atoms with van der Waals surface area (Å²) in [5, 5.41) is 3.40. The Balaban J connectivity index is 0.00000208. The Morgan fingerprint density at radius 2 is 2.04 bits per heavy atom. The van der Waals surface area contributed by atoms with Crippen LogP contribution in [0.5, 0.6) is 5.88 Å². The summed E-state index contributed by atoms with van der Waals surface area (Å²) in [5.41, 5.74) is 1.08. The van der Waals surface area contributed by atoms with Crippen molar-refractivity contribution in [1.29, 1.82) is 0 Å². The second kappa shape index (κ2) is 10.1. The Hall–Kier alpha value is -1.05. The van der Waals surface area contributed by atoms with E-state index in [9.17, 15) is 0 Å². The van der Waals surface area contributed by atoms with Gasteiger partial charge in [-0.05, 0) is 51.5 Å². The quantitative estimate of drug-likeness (QED) is 0.429. The minimum atomic E-state index is 0. The highest BCUT2D eigenvalue weighted by Crippen LogP contribution is 2.25. The predicted octanol–water partition coefficient (Wildman–Crippen LogP) is 3.58. The van der Waals surface area contributed by atoms with Crippen LogP contribution < -0.4 is 10.1 Å². The molecule has 0 aromatic carbocycles. The molecule has 1 aliphatic carbocycles. The molecular formula is C18H29IN4O. The fraction of sp³-hybridized carbons (Fsp3) is 0.667. The maximum atomic E-state index is 6.11. The van der Waals surface area contributed by atoms with E-state index in [1.54, 1.807) is 0 Å². The molecule has 1 aromatic rings. The summed E-state index contributed by atoms with van der Waals surface area (Å²) in [6.07, 6.45) is 9.49. The van der Waals surface area contributed by atoms with E-state index in [1.807, 2.05) is 12.3 Å². The first-order valence-corrected chi connectivity index (χ1v) is 9.00. The highest BCUT2D eigenvalue weighted by atomic mass is 127. The number of nitrogens with zero attached hydrogens (tertiary/aromatic N) is 3. The number of nitrogens with one attached hydrogen (secondary N) is 1. The molecule has 1 saturated heterocycles. The third-order valence-electron chi connectivity index (χ3n) is 4.57. The van der Waals surface area contributed by atoms with Crippen molar-refractivity contribution in [2.45, 2.75) is 58.1 Å². The second-order valence-electron chi connectivity index (χ2n) is 6.36. The fourth-order valence-corrected chi connectivity index (χ4v) is 3.33. The first-order chi connectivity index (χ1) is 11.4. The predicted molar refractivity (Wildman–Crippen MR) is 108 cm³/mol. The Bertz CT molecular complexity index is 526. The van der Waals surface area contributed by atoms with Crippen LogP contribution in [0.15, 0.2) is 23.3 Å². The van der Waals surface area contributed by atoms with Gasteiger partial charge in [0.15, 0.2) is 5.96 Å². The highest BCUT2D eigenvalue weighted by molar-refractivity contribution is 14.0. The van der Waals surface area contributed by atoms with Gasteiger partial charge in [-0.15, -0.1) is 24.0 Å². The number of ether oxygens (including phenoxy) is 1. The van der Waals surface area contributed by atoms with Gasteiger partial charge in [-0.3, -0.25) is 0 Å². The van der Waals surface area contributed by atoms with Crippen LogP contribution in [0.1, 0.15) is 51.0 Å². The van der Waals surface area contributed by atoms with Crippen molar-refractivity contribution in [2.75, 3.05) is 19.6 Å². The first-order valence-electron chi connectivity index (χ1n) is 9.00. The van der Waals surface area contributed by atoms with Crippen LogP contribution in [-0.4, -0.2) is 41.6 Å². The van der Waals surface area contributed by atoms with Gasteiger partial charge >= 0.3 is 0 Å². The number of hydrogen-bond acceptors (Lipinski definition) is 3. The molecule has 0 bridgehead atoms. The Morgan fingerprint density at radius 1 is 1.29 bits per heavy atom. The van der Waals surface area contributed by atoms with E-state index < -0.39 is 0 Å². The molecule has 2 fully saturated rings. The van der Waals surface area contributed by atoms with Crippen molar-refractivity contribution < 1.29 is 4.74 Å². The molecule has 1 saturated carbocycles. The van der Waals surface area contributed by atoms with Gasteiger partial charge < -0.3 is 15.0 Å². The number of rotatable bonds is 5. The molecule has 6 heteroatoms. The van der Waals surface area contributed by atoms with Crippen LogP contribution in [0.3, 0.4) is 0 Å². The summed E-state index contributed by atoms with van der Waals surface area (Å²) >= 11 is 0. The minimum absolute atomic E-state index is 0. The Kier molecular flexibility index (Phi) is 8.08. The zero-order valence-corrected chi connectivity index (χ0v) is 16.9. The van der Waals surface area contributed by atoms with Crippen molar-refractivity contribution in [3.63, 3.8) is 0 Å². The third-order valence-corrected chi connectivity index (χ3v) is 4.57. The Morgan fingerprint density at radius 3 is 2.75 bits per heavy atom. The molecule has 2 heterocycles. The van der Waals surface area contributed by atoms with E-state index in [0.29, 0.717) is 12.6 Å². The number of halogens is 1. The summed E-state index contributed by atoms with van der Waals surface area (Å²) in [6.45, 7) is 5.83.